The van der Waals surface area contributed by atoms with Gasteiger partial charge in [0.15, 0.2) is 11.5 Å². The third-order valence-electron chi connectivity index (χ3n) is 4.36. The molecule has 1 N–H and O–H groups in total. The Morgan fingerprint density at radius 1 is 0.926 bits per heavy atom. The molecule has 3 rings (SSSR count). The monoisotopic (exact) mass is 360 g/mol. The second-order valence-electron chi connectivity index (χ2n) is 6.32. The lowest BCUT2D eigenvalue weighted by molar-refractivity contribution is 0.284. The van der Waals surface area contributed by atoms with E-state index < -0.39 is 0 Å². The molecule has 0 fully saturated rings. The van der Waals surface area contributed by atoms with Gasteiger partial charge in [0, 0.05) is 5.56 Å². The van der Waals surface area contributed by atoms with E-state index in [1.807, 2.05) is 54.6 Å². The molecule has 0 unspecified atom stereocenters. The molecule has 0 radical (unpaired) electrons. The first-order chi connectivity index (χ1) is 13.2. The first-order valence-electron chi connectivity index (χ1n) is 8.87. The van der Waals surface area contributed by atoms with Gasteiger partial charge in [0.1, 0.15) is 6.61 Å². The zero-order valence-electron chi connectivity index (χ0n) is 15.9. The summed E-state index contributed by atoms with van der Waals surface area (Å²) in [6, 6.07) is 22.0. The average molecular weight is 360 g/mol. The Morgan fingerprint density at radius 2 is 1.74 bits per heavy atom. The SMILES string of the molecule is COc1cccc(/C=N/Nc2ccc(C)c(C)c2)c1OCc1ccccc1. The van der Waals surface area contributed by atoms with Crippen LogP contribution in [0.5, 0.6) is 11.5 Å². The van der Waals surface area contributed by atoms with Crippen molar-refractivity contribution in [1.82, 2.24) is 0 Å². The standard InChI is InChI=1S/C23H24N2O2/c1-17-12-13-21(14-18(17)2)25-24-15-20-10-7-11-22(26-3)23(20)27-16-19-8-5-4-6-9-19/h4-15,25H,16H2,1-3H3/b24-15+. The highest BCUT2D eigenvalue weighted by molar-refractivity contribution is 5.85. The van der Waals surface area contributed by atoms with Crippen molar-refractivity contribution in [3.8, 4) is 11.5 Å². The molecular weight excluding hydrogens is 336 g/mol. The van der Waals surface area contributed by atoms with Crippen molar-refractivity contribution < 1.29 is 9.47 Å². The van der Waals surface area contributed by atoms with Crippen LogP contribution < -0.4 is 14.9 Å². The number of para-hydroxylation sites is 1. The minimum absolute atomic E-state index is 0.465. The lowest BCUT2D eigenvalue weighted by atomic mass is 10.1. The molecule has 4 nitrogen and oxygen atoms in total. The molecule has 138 valence electrons. The Morgan fingerprint density at radius 3 is 2.48 bits per heavy atom. The van der Waals surface area contributed by atoms with Gasteiger partial charge in [-0.25, -0.2) is 0 Å². The quantitative estimate of drug-likeness (QED) is 0.457. The van der Waals surface area contributed by atoms with Gasteiger partial charge in [-0.2, -0.15) is 5.10 Å². The van der Waals surface area contributed by atoms with E-state index in [1.54, 1.807) is 13.3 Å². The molecule has 0 spiro atoms. The van der Waals surface area contributed by atoms with E-state index in [9.17, 15) is 0 Å². The van der Waals surface area contributed by atoms with Crippen molar-refractivity contribution in [2.24, 2.45) is 5.10 Å². The first kappa shape index (κ1) is 18.5. The highest BCUT2D eigenvalue weighted by Crippen LogP contribution is 2.31. The third kappa shape index (κ3) is 4.88. The minimum Gasteiger partial charge on any atom is -0.493 e. The molecule has 0 aromatic heterocycles. The molecule has 0 heterocycles. The fourth-order valence-corrected chi connectivity index (χ4v) is 2.67. The minimum atomic E-state index is 0.465. The molecule has 0 saturated heterocycles. The van der Waals surface area contributed by atoms with Crippen LogP contribution in [0.1, 0.15) is 22.3 Å². The van der Waals surface area contributed by atoms with Crippen LogP contribution in [-0.2, 0) is 6.61 Å². The first-order valence-corrected chi connectivity index (χ1v) is 8.87. The van der Waals surface area contributed by atoms with Crippen LogP contribution in [0, 0.1) is 13.8 Å². The summed E-state index contributed by atoms with van der Waals surface area (Å²) in [5.41, 5.74) is 8.45. The van der Waals surface area contributed by atoms with Gasteiger partial charge in [-0.1, -0.05) is 42.5 Å². The molecule has 0 aliphatic heterocycles. The van der Waals surface area contributed by atoms with Gasteiger partial charge in [0.2, 0.25) is 0 Å². The van der Waals surface area contributed by atoms with Gasteiger partial charge < -0.3 is 9.47 Å². The van der Waals surface area contributed by atoms with E-state index in [2.05, 4.69) is 36.5 Å². The number of nitrogens with zero attached hydrogens (tertiary/aromatic N) is 1. The summed E-state index contributed by atoms with van der Waals surface area (Å²) in [5, 5.41) is 4.36. The largest absolute Gasteiger partial charge is 0.493 e. The molecule has 4 heteroatoms. The molecule has 27 heavy (non-hydrogen) atoms. The van der Waals surface area contributed by atoms with E-state index in [-0.39, 0.29) is 0 Å². The Bertz CT molecular complexity index is 921. The number of anilines is 1. The second-order valence-corrected chi connectivity index (χ2v) is 6.32. The molecule has 3 aromatic carbocycles. The molecule has 0 saturated carbocycles. The summed E-state index contributed by atoms with van der Waals surface area (Å²) in [4.78, 5) is 0. The van der Waals surface area contributed by atoms with Gasteiger partial charge in [0.25, 0.3) is 0 Å². The fourth-order valence-electron chi connectivity index (χ4n) is 2.67. The number of hydrogen-bond acceptors (Lipinski definition) is 4. The van der Waals surface area contributed by atoms with Gasteiger partial charge in [0.05, 0.1) is 19.0 Å². The van der Waals surface area contributed by atoms with Crippen molar-refractivity contribution >= 4 is 11.9 Å². The van der Waals surface area contributed by atoms with Crippen molar-refractivity contribution in [2.75, 3.05) is 12.5 Å². The predicted octanol–water partition coefficient (Wildman–Crippen LogP) is 5.34. The van der Waals surface area contributed by atoms with E-state index in [0.29, 0.717) is 18.1 Å². The molecule has 3 aromatic rings. The number of benzene rings is 3. The van der Waals surface area contributed by atoms with Crippen LogP contribution >= 0.6 is 0 Å². The highest BCUT2D eigenvalue weighted by Gasteiger charge is 2.09. The molecule has 0 aliphatic rings. The normalized spacial score (nSPS) is 10.8. The van der Waals surface area contributed by atoms with Crippen molar-refractivity contribution in [3.63, 3.8) is 0 Å². The summed E-state index contributed by atoms with van der Waals surface area (Å²) < 4.78 is 11.5. The number of rotatable bonds is 7. The molecule has 0 amide bonds. The summed E-state index contributed by atoms with van der Waals surface area (Å²) in [6.07, 6.45) is 1.75. The van der Waals surface area contributed by atoms with Crippen molar-refractivity contribution in [2.45, 2.75) is 20.5 Å². The van der Waals surface area contributed by atoms with E-state index >= 15 is 0 Å². The van der Waals surface area contributed by atoms with E-state index in [1.165, 1.54) is 11.1 Å². The fraction of sp³-hybridized carbons (Fsp3) is 0.174. The summed E-state index contributed by atoms with van der Waals surface area (Å²) in [7, 11) is 1.64. The Hall–Kier alpha value is -3.27. The van der Waals surface area contributed by atoms with Crippen molar-refractivity contribution in [1.29, 1.82) is 0 Å². The number of aryl methyl sites for hydroxylation is 2. The molecule has 0 atom stereocenters. The van der Waals surface area contributed by atoms with Gasteiger partial charge in [-0.15, -0.1) is 0 Å². The van der Waals surface area contributed by atoms with Gasteiger partial charge in [-0.3, -0.25) is 5.43 Å². The molecule has 0 aliphatic carbocycles. The number of ether oxygens (including phenoxy) is 2. The van der Waals surface area contributed by atoms with E-state index in [0.717, 1.165) is 16.8 Å². The Kier molecular flexibility index (Phi) is 6.10. The summed E-state index contributed by atoms with van der Waals surface area (Å²) >= 11 is 0. The maximum absolute atomic E-state index is 6.04. The lowest BCUT2D eigenvalue weighted by Crippen LogP contribution is -2.01. The number of hydrogen-bond donors (Lipinski definition) is 1. The maximum Gasteiger partial charge on any atom is 0.170 e. The van der Waals surface area contributed by atoms with Crippen molar-refractivity contribution in [3.05, 3.63) is 89.0 Å². The molecular formula is C23H24N2O2. The lowest BCUT2D eigenvalue weighted by Gasteiger charge is -2.13. The summed E-state index contributed by atoms with van der Waals surface area (Å²) in [5.74, 6) is 1.36. The van der Waals surface area contributed by atoms with Gasteiger partial charge >= 0.3 is 0 Å². The number of methoxy groups -OCH3 is 1. The van der Waals surface area contributed by atoms with Crippen LogP contribution in [0.4, 0.5) is 5.69 Å². The zero-order chi connectivity index (χ0) is 19.1. The topological polar surface area (TPSA) is 42.8 Å². The predicted molar refractivity (Wildman–Crippen MR) is 111 cm³/mol. The summed E-state index contributed by atoms with van der Waals surface area (Å²) in [6.45, 7) is 4.64. The smallest absolute Gasteiger partial charge is 0.170 e. The number of nitrogens with one attached hydrogen (secondary N) is 1. The second kappa shape index (κ2) is 8.90. The third-order valence-corrected chi connectivity index (χ3v) is 4.36. The zero-order valence-corrected chi connectivity index (χ0v) is 15.9. The van der Waals surface area contributed by atoms with Gasteiger partial charge in [-0.05, 0) is 54.8 Å². The Labute approximate surface area is 160 Å². The van der Waals surface area contributed by atoms with E-state index in [4.69, 9.17) is 9.47 Å². The Balaban J connectivity index is 1.76. The highest BCUT2D eigenvalue weighted by atomic mass is 16.5. The van der Waals surface area contributed by atoms with Crippen LogP contribution in [0.25, 0.3) is 0 Å². The molecule has 0 bridgehead atoms. The van der Waals surface area contributed by atoms with Crippen LogP contribution in [0.2, 0.25) is 0 Å². The average Bonchev–Trinajstić information content (AvgIpc) is 2.70. The number of hydrazone groups is 1. The van der Waals surface area contributed by atoms with Crippen LogP contribution in [0.3, 0.4) is 0 Å². The van der Waals surface area contributed by atoms with Crippen LogP contribution in [0.15, 0.2) is 71.8 Å². The van der Waals surface area contributed by atoms with Crippen LogP contribution in [-0.4, -0.2) is 13.3 Å². The maximum atomic E-state index is 6.04.